The molecule has 0 radical (unpaired) electrons. The van der Waals surface area contributed by atoms with Crippen LogP contribution in [0, 0.1) is 0 Å². The lowest BCUT2D eigenvalue weighted by Gasteiger charge is -2.27. The van der Waals surface area contributed by atoms with E-state index in [1.807, 2.05) is 44.2 Å². The van der Waals surface area contributed by atoms with Gasteiger partial charge in [0, 0.05) is 28.3 Å². The molecular weight excluding hydrogens is 300 g/mol. The summed E-state index contributed by atoms with van der Waals surface area (Å²) in [5.74, 6) is 1.23. The molecule has 0 bridgehead atoms. The van der Waals surface area contributed by atoms with Crippen molar-refractivity contribution in [3.63, 3.8) is 0 Å². The first kappa shape index (κ1) is 17.0. The van der Waals surface area contributed by atoms with E-state index in [1.54, 1.807) is 0 Å². The maximum atomic E-state index is 12.0. The minimum atomic E-state index is -0.786. The number of ether oxygens (including phenoxy) is 1. The van der Waals surface area contributed by atoms with Crippen LogP contribution in [-0.2, 0) is 22.1 Å². The van der Waals surface area contributed by atoms with Crippen LogP contribution in [0.5, 0.6) is 0 Å². The summed E-state index contributed by atoms with van der Waals surface area (Å²) >= 11 is 0. The lowest BCUT2D eigenvalue weighted by atomic mass is 10.1. The van der Waals surface area contributed by atoms with Crippen molar-refractivity contribution in [3.8, 4) is 0 Å². The van der Waals surface area contributed by atoms with Crippen molar-refractivity contribution in [2.24, 2.45) is 0 Å². The molecule has 0 aliphatic carbocycles. The van der Waals surface area contributed by atoms with Gasteiger partial charge in [0.15, 0.2) is 0 Å². The van der Waals surface area contributed by atoms with Crippen molar-refractivity contribution in [1.82, 2.24) is 10.6 Å². The van der Waals surface area contributed by atoms with E-state index in [1.165, 1.54) is 0 Å². The van der Waals surface area contributed by atoms with Gasteiger partial charge in [-0.3, -0.25) is 4.21 Å². The largest absolute Gasteiger partial charge is 0.374 e. The molecule has 122 valence electrons. The molecule has 22 heavy (non-hydrogen) atoms. The predicted octanol–water partition coefficient (Wildman–Crippen LogP) is 1.80. The SMILES string of the molecule is CC(C)(COCc1ccccc1)NC(=O)N[C@H]1CC[S@@](=O)C1. The standard InChI is InChI=1S/C16H24N2O3S/c1-16(2,12-21-10-13-6-4-3-5-7-13)18-15(19)17-14-8-9-22(20)11-14/h3-7,14H,8-12H2,1-2H3,(H2,17,18,19)/t14-,22+/m0/s1. The Morgan fingerprint density at radius 1 is 1.36 bits per heavy atom. The average molecular weight is 324 g/mol. The first-order valence-electron chi connectivity index (χ1n) is 7.50. The fourth-order valence-electron chi connectivity index (χ4n) is 2.34. The molecular formula is C16H24N2O3S. The van der Waals surface area contributed by atoms with Crippen LogP contribution in [0.2, 0.25) is 0 Å². The number of carbonyl (C=O) groups excluding carboxylic acids is 1. The van der Waals surface area contributed by atoms with Crippen LogP contribution in [0.1, 0.15) is 25.8 Å². The van der Waals surface area contributed by atoms with Crippen molar-refractivity contribution in [1.29, 1.82) is 0 Å². The number of urea groups is 1. The topological polar surface area (TPSA) is 67.4 Å². The minimum absolute atomic E-state index is 0.0156. The molecule has 6 heteroatoms. The van der Waals surface area contributed by atoms with Gasteiger partial charge in [-0.1, -0.05) is 30.3 Å². The molecule has 1 heterocycles. The first-order valence-corrected chi connectivity index (χ1v) is 8.99. The molecule has 0 spiro atoms. The molecule has 0 aromatic heterocycles. The molecule has 1 aromatic rings. The smallest absolute Gasteiger partial charge is 0.315 e. The zero-order valence-electron chi connectivity index (χ0n) is 13.1. The Hall–Kier alpha value is -1.40. The number of hydrogen-bond acceptors (Lipinski definition) is 3. The summed E-state index contributed by atoms with van der Waals surface area (Å²) in [6.07, 6.45) is 0.783. The summed E-state index contributed by atoms with van der Waals surface area (Å²) in [7, 11) is -0.786. The lowest BCUT2D eigenvalue weighted by Crippen LogP contribution is -2.53. The summed E-state index contributed by atoms with van der Waals surface area (Å²) in [5, 5.41) is 5.79. The van der Waals surface area contributed by atoms with E-state index < -0.39 is 16.3 Å². The average Bonchev–Trinajstić information content (AvgIpc) is 2.84. The van der Waals surface area contributed by atoms with Crippen molar-refractivity contribution in [3.05, 3.63) is 35.9 Å². The number of nitrogens with one attached hydrogen (secondary N) is 2. The Labute approximate surface area is 134 Å². The monoisotopic (exact) mass is 324 g/mol. The van der Waals surface area contributed by atoms with E-state index in [4.69, 9.17) is 4.74 Å². The van der Waals surface area contributed by atoms with Crippen LogP contribution in [-0.4, -0.2) is 39.9 Å². The number of amides is 2. The zero-order valence-corrected chi connectivity index (χ0v) is 13.9. The number of carbonyl (C=O) groups is 1. The van der Waals surface area contributed by atoms with Crippen LogP contribution >= 0.6 is 0 Å². The third-order valence-corrected chi connectivity index (χ3v) is 4.91. The van der Waals surface area contributed by atoms with Crippen LogP contribution < -0.4 is 10.6 Å². The maximum absolute atomic E-state index is 12.0. The summed E-state index contributed by atoms with van der Waals surface area (Å²) in [5.41, 5.74) is 0.646. The molecule has 2 N–H and O–H groups in total. The Morgan fingerprint density at radius 2 is 2.09 bits per heavy atom. The molecule has 1 aromatic carbocycles. The van der Waals surface area contributed by atoms with E-state index >= 15 is 0 Å². The van der Waals surface area contributed by atoms with Gasteiger partial charge in [0.2, 0.25) is 0 Å². The van der Waals surface area contributed by atoms with Crippen molar-refractivity contribution in [2.75, 3.05) is 18.1 Å². The Balaban J connectivity index is 1.70. The third kappa shape index (κ3) is 5.77. The molecule has 1 fully saturated rings. The molecule has 1 aliphatic rings. The summed E-state index contributed by atoms with van der Waals surface area (Å²) < 4.78 is 17.0. The number of hydrogen-bond donors (Lipinski definition) is 2. The van der Waals surface area contributed by atoms with Gasteiger partial charge >= 0.3 is 6.03 Å². The van der Waals surface area contributed by atoms with Gasteiger partial charge in [0.1, 0.15) is 0 Å². The lowest BCUT2D eigenvalue weighted by molar-refractivity contribution is 0.0742. The highest BCUT2D eigenvalue weighted by Crippen LogP contribution is 2.09. The number of benzene rings is 1. The number of rotatable bonds is 6. The minimum Gasteiger partial charge on any atom is -0.374 e. The third-order valence-electron chi connectivity index (χ3n) is 3.44. The first-order chi connectivity index (χ1) is 10.4. The molecule has 1 saturated heterocycles. The maximum Gasteiger partial charge on any atom is 0.315 e. The van der Waals surface area contributed by atoms with Crippen molar-refractivity contribution in [2.45, 2.75) is 38.5 Å². The van der Waals surface area contributed by atoms with Gasteiger partial charge in [0.05, 0.1) is 18.8 Å². The summed E-state index contributed by atoms with van der Waals surface area (Å²) in [6, 6.07) is 9.72. The predicted molar refractivity (Wildman–Crippen MR) is 88.1 cm³/mol. The van der Waals surface area contributed by atoms with Crippen LogP contribution in [0.3, 0.4) is 0 Å². The Bertz CT molecular complexity index is 519. The highest BCUT2D eigenvalue weighted by atomic mass is 32.2. The van der Waals surface area contributed by atoms with E-state index in [2.05, 4.69) is 10.6 Å². The second-order valence-electron chi connectivity index (χ2n) is 6.26. The van der Waals surface area contributed by atoms with Gasteiger partial charge in [-0.25, -0.2) is 4.79 Å². The second-order valence-corrected chi connectivity index (χ2v) is 7.88. The molecule has 0 unspecified atom stereocenters. The van der Waals surface area contributed by atoms with Crippen LogP contribution in [0.4, 0.5) is 4.79 Å². The van der Waals surface area contributed by atoms with Gasteiger partial charge < -0.3 is 15.4 Å². The molecule has 5 nitrogen and oxygen atoms in total. The fraction of sp³-hybridized carbons (Fsp3) is 0.562. The molecule has 0 saturated carbocycles. The molecule has 2 rings (SSSR count). The van der Waals surface area contributed by atoms with Gasteiger partial charge in [-0.2, -0.15) is 0 Å². The fourth-order valence-corrected chi connectivity index (χ4v) is 3.75. The van der Waals surface area contributed by atoms with Crippen molar-refractivity contribution < 1.29 is 13.7 Å². The van der Waals surface area contributed by atoms with E-state index in [0.29, 0.717) is 24.7 Å². The quantitative estimate of drug-likeness (QED) is 0.838. The van der Waals surface area contributed by atoms with Crippen LogP contribution in [0.25, 0.3) is 0 Å². The molecule has 2 atom stereocenters. The van der Waals surface area contributed by atoms with Crippen LogP contribution in [0.15, 0.2) is 30.3 Å². The van der Waals surface area contributed by atoms with E-state index in [9.17, 15) is 9.00 Å². The Morgan fingerprint density at radius 3 is 2.73 bits per heavy atom. The summed E-state index contributed by atoms with van der Waals surface area (Å²) in [6.45, 7) is 4.79. The van der Waals surface area contributed by atoms with Crippen molar-refractivity contribution >= 4 is 16.8 Å². The second kappa shape index (κ2) is 7.74. The zero-order chi connectivity index (χ0) is 16.0. The van der Waals surface area contributed by atoms with E-state index in [0.717, 1.165) is 12.0 Å². The molecule has 1 aliphatic heterocycles. The van der Waals surface area contributed by atoms with Gasteiger partial charge in [0.25, 0.3) is 0 Å². The highest BCUT2D eigenvalue weighted by Gasteiger charge is 2.25. The van der Waals surface area contributed by atoms with E-state index in [-0.39, 0.29) is 12.1 Å². The van der Waals surface area contributed by atoms with Gasteiger partial charge in [-0.15, -0.1) is 0 Å². The normalized spacial score (nSPS) is 21.5. The van der Waals surface area contributed by atoms with Gasteiger partial charge in [-0.05, 0) is 25.8 Å². The Kier molecular flexibility index (Phi) is 5.97. The summed E-state index contributed by atoms with van der Waals surface area (Å²) in [4.78, 5) is 12.0. The highest BCUT2D eigenvalue weighted by molar-refractivity contribution is 7.85. The molecule has 2 amide bonds.